The fourth-order valence-electron chi connectivity index (χ4n) is 2.80. The molecule has 0 aliphatic carbocycles. The lowest BCUT2D eigenvalue weighted by Crippen LogP contribution is -2.20. The summed E-state index contributed by atoms with van der Waals surface area (Å²) in [7, 11) is 0. The van der Waals surface area contributed by atoms with Gasteiger partial charge in [-0.25, -0.2) is 0 Å². The van der Waals surface area contributed by atoms with E-state index in [-0.39, 0.29) is 17.4 Å². The number of nitrogens with one attached hydrogen (secondary N) is 1. The number of phenols is 2. The molecule has 2 aromatic carbocycles. The van der Waals surface area contributed by atoms with Crippen LogP contribution >= 0.6 is 15.9 Å². The Hall–Kier alpha value is -1.52. The third-order valence-corrected chi connectivity index (χ3v) is 4.69. The van der Waals surface area contributed by atoms with Gasteiger partial charge in [0, 0.05) is 12.5 Å². The molecule has 3 N–H and O–H groups in total. The second-order valence-electron chi connectivity index (χ2n) is 5.04. The molecule has 0 spiro atoms. The van der Waals surface area contributed by atoms with Gasteiger partial charge in [0.25, 0.3) is 0 Å². The van der Waals surface area contributed by atoms with Crippen LogP contribution in [0.3, 0.4) is 0 Å². The Morgan fingerprint density at radius 1 is 1.15 bits per heavy atom. The molecule has 1 aliphatic rings. The standard InChI is InChI=1S/C16H16BrNO2/c17-15-11-6-7-18-9-13(10-4-2-1-3-5-10)12(11)8-14(19)16(15)20/h1-5,8,13,18-20H,6-7,9H2/t13-/m1/s1. The van der Waals surface area contributed by atoms with Crippen molar-refractivity contribution in [1.29, 1.82) is 0 Å². The van der Waals surface area contributed by atoms with Gasteiger partial charge in [0.2, 0.25) is 0 Å². The molecule has 20 heavy (non-hydrogen) atoms. The first-order chi connectivity index (χ1) is 9.68. The normalized spacial score (nSPS) is 18.4. The van der Waals surface area contributed by atoms with Crippen LogP contribution in [-0.2, 0) is 6.42 Å². The van der Waals surface area contributed by atoms with E-state index in [1.165, 1.54) is 5.56 Å². The van der Waals surface area contributed by atoms with Crippen molar-refractivity contribution in [1.82, 2.24) is 5.32 Å². The van der Waals surface area contributed by atoms with Gasteiger partial charge < -0.3 is 15.5 Å². The smallest absolute Gasteiger partial charge is 0.172 e. The molecule has 0 bridgehead atoms. The van der Waals surface area contributed by atoms with Crippen LogP contribution in [0.15, 0.2) is 40.9 Å². The monoisotopic (exact) mass is 333 g/mol. The molecule has 0 saturated heterocycles. The molecule has 0 amide bonds. The van der Waals surface area contributed by atoms with Gasteiger partial charge in [-0.15, -0.1) is 0 Å². The van der Waals surface area contributed by atoms with Crippen molar-refractivity contribution >= 4 is 15.9 Å². The number of benzene rings is 2. The van der Waals surface area contributed by atoms with E-state index in [4.69, 9.17) is 0 Å². The highest BCUT2D eigenvalue weighted by Crippen LogP contribution is 2.42. The highest BCUT2D eigenvalue weighted by Gasteiger charge is 2.24. The largest absolute Gasteiger partial charge is 0.504 e. The summed E-state index contributed by atoms with van der Waals surface area (Å²) in [5.74, 6) is 0.0346. The topological polar surface area (TPSA) is 52.5 Å². The van der Waals surface area contributed by atoms with Gasteiger partial charge in [-0.05, 0) is 51.7 Å². The summed E-state index contributed by atoms with van der Waals surface area (Å²) >= 11 is 3.41. The summed E-state index contributed by atoms with van der Waals surface area (Å²) in [6, 6.07) is 11.9. The SMILES string of the molecule is Oc1cc2c(c(Br)c1O)CCNC[C@@H]2c1ccccc1. The van der Waals surface area contributed by atoms with Gasteiger partial charge in [0.1, 0.15) is 0 Å². The maximum atomic E-state index is 9.91. The zero-order chi connectivity index (χ0) is 14.1. The number of halogens is 1. The first kappa shape index (κ1) is 13.5. The fourth-order valence-corrected chi connectivity index (χ4v) is 3.43. The van der Waals surface area contributed by atoms with Crippen molar-refractivity contribution in [3.63, 3.8) is 0 Å². The molecule has 1 atom stereocenters. The summed E-state index contributed by atoms with van der Waals surface area (Å²) in [5, 5.41) is 23.2. The van der Waals surface area contributed by atoms with Crippen LogP contribution in [0, 0.1) is 0 Å². The van der Waals surface area contributed by atoms with Gasteiger partial charge in [-0.1, -0.05) is 30.3 Å². The Labute approximate surface area is 126 Å². The molecule has 1 heterocycles. The van der Waals surface area contributed by atoms with E-state index < -0.39 is 0 Å². The molecule has 3 rings (SSSR count). The van der Waals surface area contributed by atoms with Crippen molar-refractivity contribution in [3.8, 4) is 11.5 Å². The summed E-state index contributed by atoms with van der Waals surface area (Å²) in [6.07, 6.45) is 0.826. The average Bonchev–Trinajstić information content (AvgIpc) is 2.68. The van der Waals surface area contributed by atoms with Crippen LogP contribution in [0.25, 0.3) is 0 Å². The van der Waals surface area contributed by atoms with Crippen LogP contribution in [0.1, 0.15) is 22.6 Å². The molecule has 4 heteroatoms. The number of hydrogen-bond donors (Lipinski definition) is 3. The molecule has 2 aromatic rings. The maximum absolute atomic E-state index is 9.91. The van der Waals surface area contributed by atoms with Crippen LogP contribution < -0.4 is 5.32 Å². The fraction of sp³-hybridized carbons (Fsp3) is 0.250. The predicted octanol–water partition coefficient (Wildman–Crippen LogP) is 3.14. The first-order valence-electron chi connectivity index (χ1n) is 6.67. The van der Waals surface area contributed by atoms with Gasteiger partial charge >= 0.3 is 0 Å². The van der Waals surface area contributed by atoms with E-state index in [0.717, 1.165) is 30.6 Å². The third kappa shape index (κ3) is 2.30. The number of rotatable bonds is 1. The van der Waals surface area contributed by atoms with Crippen molar-refractivity contribution in [2.45, 2.75) is 12.3 Å². The Morgan fingerprint density at radius 2 is 1.90 bits per heavy atom. The summed E-state index contributed by atoms with van der Waals surface area (Å²) < 4.78 is 0.608. The molecule has 1 aliphatic heterocycles. The molecule has 0 aromatic heterocycles. The molecular formula is C16H16BrNO2. The minimum Gasteiger partial charge on any atom is -0.504 e. The van der Waals surface area contributed by atoms with Gasteiger partial charge in [-0.3, -0.25) is 0 Å². The van der Waals surface area contributed by atoms with E-state index in [1.54, 1.807) is 6.07 Å². The second-order valence-corrected chi connectivity index (χ2v) is 5.84. The molecule has 3 nitrogen and oxygen atoms in total. The molecular weight excluding hydrogens is 318 g/mol. The number of fused-ring (bicyclic) bond motifs is 1. The Morgan fingerprint density at radius 3 is 2.65 bits per heavy atom. The van der Waals surface area contributed by atoms with E-state index in [1.807, 2.05) is 18.2 Å². The van der Waals surface area contributed by atoms with Crippen molar-refractivity contribution in [2.75, 3.05) is 13.1 Å². The highest BCUT2D eigenvalue weighted by molar-refractivity contribution is 9.10. The zero-order valence-electron chi connectivity index (χ0n) is 10.9. The lowest BCUT2D eigenvalue weighted by atomic mass is 9.88. The number of hydrogen-bond acceptors (Lipinski definition) is 3. The minimum absolute atomic E-state index is 0.0709. The van der Waals surface area contributed by atoms with Crippen LogP contribution in [0.5, 0.6) is 11.5 Å². The molecule has 0 fully saturated rings. The Kier molecular flexibility index (Phi) is 3.68. The van der Waals surface area contributed by atoms with Crippen LogP contribution in [-0.4, -0.2) is 23.3 Å². The number of phenolic OH excluding ortho intramolecular Hbond substituents is 2. The van der Waals surface area contributed by atoms with E-state index in [2.05, 4.69) is 33.4 Å². The van der Waals surface area contributed by atoms with Crippen molar-refractivity contribution in [3.05, 3.63) is 57.6 Å². The predicted molar refractivity (Wildman–Crippen MR) is 82.3 cm³/mol. The summed E-state index contributed by atoms with van der Waals surface area (Å²) in [4.78, 5) is 0. The van der Waals surface area contributed by atoms with Crippen LogP contribution in [0.2, 0.25) is 0 Å². The first-order valence-corrected chi connectivity index (χ1v) is 7.46. The van der Waals surface area contributed by atoms with E-state index in [9.17, 15) is 10.2 Å². The van der Waals surface area contributed by atoms with Gasteiger partial charge in [-0.2, -0.15) is 0 Å². The van der Waals surface area contributed by atoms with Crippen molar-refractivity contribution < 1.29 is 10.2 Å². The molecule has 0 saturated carbocycles. The van der Waals surface area contributed by atoms with Crippen LogP contribution in [0.4, 0.5) is 0 Å². The zero-order valence-corrected chi connectivity index (χ0v) is 12.5. The highest BCUT2D eigenvalue weighted by atomic mass is 79.9. The molecule has 0 unspecified atom stereocenters. The quantitative estimate of drug-likeness (QED) is 0.703. The lowest BCUT2D eigenvalue weighted by molar-refractivity contribution is 0.400. The Balaban J connectivity index is 2.17. The van der Waals surface area contributed by atoms with Crippen molar-refractivity contribution in [2.24, 2.45) is 0 Å². The lowest BCUT2D eigenvalue weighted by Gasteiger charge is -2.20. The number of aromatic hydroxyl groups is 2. The average molecular weight is 334 g/mol. The van der Waals surface area contributed by atoms with Gasteiger partial charge in [0.15, 0.2) is 11.5 Å². The maximum Gasteiger partial charge on any atom is 0.172 e. The third-order valence-electron chi connectivity index (χ3n) is 3.83. The van der Waals surface area contributed by atoms with Gasteiger partial charge in [0.05, 0.1) is 4.47 Å². The molecule has 0 radical (unpaired) electrons. The van der Waals surface area contributed by atoms with E-state index >= 15 is 0 Å². The minimum atomic E-state index is -0.0718. The molecule has 104 valence electrons. The summed E-state index contributed by atoms with van der Waals surface area (Å²) in [5.41, 5.74) is 3.35. The Bertz CT molecular complexity index is 628. The summed E-state index contributed by atoms with van der Waals surface area (Å²) in [6.45, 7) is 1.69. The second kappa shape index (κ2) is 5.46. The van der Waals surface area contributed by atoms with E-state index in [0.29, 0.717) is 4.47 Å².